The van der Waals surface area contributed by atoms with Crippen LogP contribution in [0.5, 0.6) is 17.5 Å². The number of anilines is 1. The molecule has 7 rings (SSSR count). The van der Waals surface area contributed by atoms with Crippen LogP contribution >= 0.6 is 0 Å². The van der Waals surface area contributed by atoms with Gasteiger partial charge in [0.1, 0.15) is 29.5 Å². The summed E-state index contributed by atoms with van der Waals surface area (Å²) in [6, 6.07) is 9.17. The number of pyridine rings is 2. The molecule has 3 N–H and O–H groups in total. The SMILES string of the molecule is COc1ccc2c(O[C@@H]3C[C@H]4C(=O)N[C@]5(C(=O)NS(=O)(=O)C6CC6)C[C@H]5C=CCCCCC[C@H](Nc5ccc(OC)nc5)C(=O)N4C3)nccc2c1. The molecule has 3 amide bonds. The van der Waals surface area contributed by atoms with Crippen LogP contribution in [0.4, 0.5) is 5.69 Å². The second-order valence-electron chi connectivity index (χ2n) is 14.0. The molecule has 2 saturated carbocycles. The van der Waals surface area contributed by atoms with Gasteiger partial charge in [0.15, 0.2) is 0 Å². The van der Waals surface area contributed by atoms with E-state index in [4.69, 9.17) is 14.2 Å². The number of nitrogens with one attached hydrogen (secondary N) is 3. The number of nitrogens with zero attached hydrogens (tertiary/aromatic N) is 3. The van der Waals surface area contributed by atoms with Gasteiger partial charge in [-0.05, 0) is 74.2 Å². The molecule has 15 heteroatoms. The Labute approximate surface area is 302 Å². The molecule has 0 radical (unpaired) electrons. The largest absolute Gasteiger partial charge is 0.497 e. The van der Waals surface area contributed by atoms with Crippen molar-refractivity contribution in [3.8, 4) is 17.5 Å². The normalized spacial score (nSPS) is 26.6. The first kappa shape index (κ1) is 35.5. The summed E-state index contributed by atoms with van der Waals surface area (Å²) in [7, 11) is -0.741. The van der Waals surface area contributed by atoms with Gasteiger partial charge in [-0.2, -0.15) is 0 Å². The average molecular weight is 733 g/mol. The zero-order valence-corrected chi connectivity index (χ0v) is 30.1. The van der Waals surface area contributed by atoms with E-state index in [1.807, 2.05) is 36.4 Å². The van der Waals surface area contributed by atoms with Crippen LogP contribution in [0.3, 0.4) is 0 Å². The number of rotatable bonds is 9. The van der Waals surface area contributed by atoms with Crippen LogP contribution in [0, 0.1) is 5.92 Å². The molecule has 276 valence electrons. The third-order valence-electron chi connectivity index (χ3n) is 10.3. The molecule has 2 aliphatic heterocycles. The van der Waals surface area contributed by atoms with Gasteiger partial charge in [0.05, 0.1) is 37.9 Å². The van der Waals surface area contributed by atoms with Crippen molar-refractivity contribution in [2.75, 3.05) is 26.1 Å². The first-order chi connectivity index (χ1) is 25.1. The van der Waals surface area contributed by atoms with Crippen LogP contribution in [0.1, 0.15) is 57.8 Å². The summed E-state index contributed by atoms with van der Waals surface area (Å²) < 4.78 is 44.9. The summed E-state index contributed by atoms with van der Waals surface area (Å²) in [6.45, 7) is 0.0861. The summed E-state index contributed by atoms with van der Waals surface area (Å²) in [5, 5.41) is 7.25. The van der Waals surface area contributed by atoms with Crippen LogP contribution in [0.25, 0.3) is 10.8 Å². The van der Waals surface area contributed by atoms with Crippen LogP contribution in [-0.2, 0) is 24.4 Å². The second kappa shape index (κ2) is 14.6. The van der Waals surface area contributed by atoms with Gasteiger partial charge in [0, 0.05) is 30.0 Å². The van der Waals surface area contributed by atoms with E-state index < -0.39 is 50.8 Å². The van der Waals surface area contributed by atoms with Crippen LogP contribution in [0.2, 0.25) is 0 Å². The zero-order chi connectivity index (χ0) is 36.5. The number of allylic oxidation sites excluding steroid dienone is 1. The van der Waals surface area contributed by atoms with E-state index in [9.17, 15) is 22.8 Å². The van der Waals surface area contributed by atoms with Gasteiger partial charge in [-0.25, -0.2) is 18.4 Å². The smallest absolute Gasteiger partial charge is 0.259 e. The Morgan fingerprint density at radius 2 is 1.87 bits per heavy atom. The van der Waals surface area contributed by atoms with Crippen molar-refractivity contribution in [2.24, 2.45) is 5.92 Å². The summed E-state index contributed by atoms with van der Waals surface area (Å²) >= 11 is 0. The first-order valence-electron chi connectivity index (χ1n) is 17.8. The maximum absolute atomic E-state index is 14.6. The van der Waals surface area contributed by atoms with Crippen molar-refractivity contribution in [1.82, 2.24) is 24.9 Å². The molecule has 4 aliphatic rings. The molecule has 4 heterocycles. The predicted molar refractivity (Wildman–Crippen MR) is 192 cm³/mol. The third kappa shape index (κ3) is 7.50. The number of benzene rings is 1. The number of sulfonamides is 1. The maximum Gasteiger partial charge on any atom is 0.259 e. The topological polar surface area (TPSA) is 178 Å². The van der Waals surface area contributed by atoms with Gasteiger partial charge in [-0.1, -0.05) is 25.0 Å². The summed E-state index contributed by atoms with van der Waals surface area (Å²) in [4.78, 5) is 52.9. The third-order valence-corrected chi connectivity index (χ3v) is 12.2. The average Bonchev–Trinajstić information content (AvgIpc) is 4.07. The van der Waals surface area contributed by atoms with Crippen molar-refractivity contribution in [1.29, 1.82) is 0 Å². The fourth-order valence-corrected chi connectivity index (χ4v) is 8.51. The fourth-order valence-electron chi connectivity index (χ4n) is 7.14. The van der Waals surface area contributed by atoms with E-state index in [-0.39, 0.29) is 31.2 Å². The van der Waals surface area contributed by atoms with Crippen LogP contribution < -0.4 is 29.6 Å². The second-order valence-corrected chi connectivity index (χ2v) is 15.9. The van der Waals surface area contributed by atoms with Gasteiger partial charge >= 0.3 is 0 Å². The van der Waals surface area contributed by atoms with Crippen molar-refractivity contribution < 1.29 is 37.0 Å². The molecular weight excluding hydrogens is 689 g/mol. The lowest BCUT2D eigenvalue weighted by molar-refractivity contribution is -0.140. The monoisotopic (exact) mass is 732 g/mol. The molecule has 0 unspecified atom stereocenters. The van der Waals surface area contributed by atoms with Gasteiger partial charge in [-0.15, -0.1) is 0 Å². The Balaban J connectivity index is 1.19. The highest BCUT2D eigenvalue weighted by Crippen LogP contribution is 2.46. The number of ether oxygens (including phenoxy) is 3. The summed E-state index contributed by atoms with van der Waals surface area (Å²) in [5.74, 6) is -0.518. The lowest BCUT2D eigenvalue weighted by Crippen LogP contribution is -2.57. The zero-order valence-electron chi connectivity index (χ0n) is 29.2. The van der Waals surface area contributed by atoms with E-state index in [1.165, 1.54) is 12.0 Å². The van der Waals surface area contributed by atoms with E-state index in [0.29, 0.717) is 42.5 Å². The van der Waals surface area contributed by atoms with E-state index in [0.717, 1.165) is 36.5 Å². The Hall–Kier alpha value is -4.92. The van der Waals surface area contributed by atoms with Crippen molar-refractivity contribution in [3.05, 3.63) is 60.9 Å². The molecule has 2 aromatic heterocycles. The van der Waals surface area contributed by atoms with Gasteiger partial charge in [0.25, 0.3) is 5.91 Å². The number of carbonyl (C=O) groups is 3. The molecule has 1 saturated heterocycles. The number of methoxy groups -OCH3 is 2. The molecule has 3 fully saturated rings. The molecule has 14 nitrogen and oxygen atoms in total. The molecule has 52 heavy (non-hydrogen) atoms. The molecule has 1 aromatic carbocycles. The molecular formula is C37H44N6O8S. The van der Waals surface area contributed by atoms with E-state index in [2.05, 4.69) is 25.3 Å². The van der Waals surface area contributed by atoms with Crippen molar-refractivity contribution in [3.63, 3.8) is 0 Å². The molecule has 0 bridgehead atoms. The first-order valence-corrected chi connectivity index (χ1v) is 19.4. The molecule has 3 aromatic rings. The van der Waals surface area contributed by atoms with E-state index >= 15 is 0 Å². The lowest BCUT2D eigenvalue weighted by Gasteiger charge is -2.30. The number of aromatic nitrogens is 2. The summed E-state index contributed by atoms with van der Waals surface area (Å²) in [6.07, 6.45) is 11.6. The van der Waals surface area contributed by atoms with Crippen molar-refractivity contribution >= 4 is 44.2 Å². The standard InChI is InChI=1S/C37H44N6O8S/c1-49-26-11-14-29-23(18-26)16-17-38-34(29)51-27-19-31-33(44)41-37(36(46)42-52(47,48)28-12-13-28)20-24(37)8-6-4-3-5-7-9-30(35(45)43(31)22-27)40-25-10-15-32(50-2)39-21-25/h6,8,10-11,14-18,21,24,27-28,30-31,40H,3-5,7,9,12-13,19-20,22H2,1-2H3,(H,41,44)(H,42,46)/t24-,27-,30+,31+,37-/m1/s1. The van der Waals surface area contributed by atoms with Gasteiger partial charge in [0.2, 0.25) is 33.6 Å². The molecule has 5 atom stereocenters. The lowest BCUT2D eigenvalue weighted by atomic mass is 10.0. The van der Waals surface area contributed by atoms with Gasteiger partial charge < -0.3 is 29.7 Å². The Kier molecular flexibility index (Phi) is 9.96. The highest BCUT2D eigenvalue weighted by molar-refractivity contribution is 7.91. The maximum atomic E-state index is 14.6. The summed E-state index contributed by atoms with van der Waals surface area (Å²) in [5.41, 5.74) is -0.830. The Bertz CT molecular complexity index is 1970. The number of carbonyl (C=O) groups excluding carboxylic acids is 3. The highest BCUT2D eigenvalue weighted by Gasteiger charge is 2.62. The van der Waals surface area contributed by atoms with Crippen LogP contribution in [0.15, 0.2) is 60.9 Å². The molecule has 2 aliphatic carbocycles. The van der Waals surface area contributed by atoms with Crippen molar-refractivity contribution in [2.45, 2.75) is 86.8 Å². The highest BCUT2D eigenvalue weighted by atomic mass is 32.2. The van der Waals surface area contributed by atoms with E-state index in [1.54, 1.807) is 31.6 Å². The number of amides is 3. The number of hydrogen-bond donors (Lipinski definition) is 3. The predicted octanol–water partition coefficient (Wildman–Crippen LogP) is 3.48. The van der Waals surface area contributed by atoms with Gasteiger partial charge in [-0.3, -0.25) is 19.1 Å². The number of fused-ring (bicyclic) bond motifs is 3. The Morgan fingerprint density at radius 3 is 2.62 bits per heavy atom. The quantitative estimate of drug-likeness (QED) is 0.275. The Morgan fingerprint density at radius 1 is 1.02 bits per heavy atom. The van der Waals surface area contributed by atoms with Crippen LogP contribution in [-0.4, -0.2) is 90.7 Å². The molecule has 0 spiro atoms. The minimum absolute atomic E-state index is 0.0861. The number of hydrogen-bond acceptors (Lipinski definition) is 11. The minimum Gasteiger partial charge on any atom is -0.497 e. The minimum atomic E-state index is -3.86. The fraction of sp³-hybridized carbons (Fsp3) is 0.486.